The van der Waals surface area contributed by atoms with Crippen LogP contribution in [0.4, 0.5) is 10.5 Å². The van der Waals surface area contributed by atoms with Crippen LogP contribution in [0.1, 0.15) is 5.56 Å². The van der Waals surface area contributed by atoms with Crippen molar-refractivity contribution in [2.24, 2.45) is 0 Å². The van der Waals surface area contributed by atoms with Crippen LogP contribution in [0.15, 0.2) is 24.3 Å². The van der Waals surface area contributed by atoms with Gasteiger partial charge in [-0.2, -0.15) is 10.5 Å². The molecular weight excluding hydrogens is 204 g/mol. The lowest BCUT2D eigenvalue weighted by atomic mass is 10.2. The number of nitrogens with one attached hydrogen (secondary N) is 1. The van der Waals surface area contributed by atoms with Gasteiger partial charge in [0.25, 0.3) is 0 Å². The number of hydrogen-bond donors (Lipinski definition) is 1. The molecule has 0 radical (unpaired) electrons. The molecule has 0 fully saturated rings. The number of carbonyl (C=O) groups is 1. The van der Waals surface area contributed by atoms with E-state index < -0.39 is 0 Å². The van der Waals surface area contributed by atoms with Crippen LogP contribution in [0.25, 0.3) is 0 Å². The van der Waals surface area contributed by atoms with Crippen molar-refractivity contribution < 1.29 is 4.79 Å². The monoisotopic (exact) mass is 214 g/mol. The van der Waals surface area contributed by atoms with E-state index in [1.54, 1.807) is 24.3 Å². The molecule has 80 valence electrons. The van der Waals surface area contributed by atoms with Crippen molar-refractivity contribution in [3.8, 4) is 12.1 Å². The lowest BCUT2D eigenvalue weighted by molar-refractivity contribution is 0.227. The van der Waals surface area contributed by atoms with Gasteiger partial charge in [-0.05, 0) is 18.2 Å². The number of urea groups is 1. The van der Waals surface area contributed by atoms with Gasteiger partial charge in [-0.25, -0.2) is 4.79 Å². The van der Waals surface area contributed by atoms with Crippen molar-refractivity contribution >= 4 is 11.7 Å². The van der Waals surface area contributed by atoms with Gasteiger partial charge in [0.2, 0.25) is 0 Å². The van der Waals surface area contributed by atoms with Gasteiger partial charge >= 0.3 is 6.03 Å². The highest BCUT2D eigenvalue weighted by molar-refractivity contribution is 5.89. The predicted octanol–water partition coefficient (Wildman–Crippen LogP) is 1.55. The van der Waals surface area contributed by atoms with E-state index in [2.05, 4.69) is 5.32 Å². The van der Waals surface area contributed by atoms with Crippen molar-refractivity contribution in [1.29, 1.82) is 10.5 Å². The van der Waals surface area contributed by atoms with E-state index in [0.29, 0.717) is 11.3 Å². The molecule has 0 saturated carbocycles. The highest BCUT2D eigenvalue weighted by atomic mass is 16.2. The number of amides is 2. The summed E-state index contributed by atoms with van der Waals surface area (Å²) in [5, 5.41) is 19.7. The van der Waals surface area contributed by atoms with E-state index in [9.17, 15) is 4.79 Å². The van der Waals surface area contributed by atoms with Crippen molar-refractivity contribution in [2.75, 3.05) is 18.9 Å². The molecule has 0 heterocycles. The molecule has 0 aromatic heterocycles. The first-order valence-electron chi connectivity index (χ1n) is 4.56. The fourth-order valence-corrected chi connectivity index (χ4v) is 1.06. The van der Waals surface area contributed by atoms with Gasteiger partial charge in [0.1, 0.15) is 6.54 Å². The molecule has 0 saturated heterocycles. The average Bonchev–Trinajstić information content (AvgIpc) is 2.29. The highest BCUT2D eigenvalue weighted by Crippen LogP contribution is 2.10. The van der Waals surface area contributed by atoms with E-state index in [0.717, 1.165) is 0 Å². The van der Waals surface area contributed by atoms with E-state index in [-0.39, 0.29) is 12.6 Å². The summed E-state index contributed by atoms with van der Waals surface area (Å²) in [5.41, 5.74) is 1.01. The van der Waals surface area contributed by atoms with Gasteiger partial charge in [0, 0.05) is 12.7 Å². The third-order valence-electron chi connectivity index (χ3n) is 1.90. The first-order valence-corrected chi connectivity index (χ1v) is 4.56. The van der Waals surface area contributed by atoms with Crippen molar-refractivity contribution in [1.82, 2.24) is 4.90 Å². The number of benzene rings is 1. The zero-order valence-corrected chi connectivity index (χ0v) is 8.77. The topological polar surface area (TPSA) is 79.9 Å². The summed E-state index contributed by atoms with van der Waals surface area (Å²) in [6.07, 6.45) is 0. The standard InChI is InChI=1S/C11H10N4O/c1-15(6-5-12)11(16)14-10-4-2-3-9(7-10)8-13/h2-4,7H,6H2,1H3,(H,14,16). The predicted molar refractivity (Wildman–Crippen MR) is 58.4 cm³/mol. The Labute approximate surface area is 93.5 Å². The second kappa shape index (κ2) is 5.38. The Balaban J connectivity index is 2.71. The zero-order chi connectivity index (χ0) is 12.0. The number of rotatable bonds is 2. The quantitative estimate of drug-likeness (QED) is 0.758. The summed E-state index contributed by atoms with van der Waals surface area (Å²) < 4.78 is 0. The summed E-state index contributed by atoms with van der Waals surface area (Å²) in [7, 11) is 1.52. The van der Waals surface area contributed by atoms with Crippen molar-refractivity contribution in [2.45, 2.75) is 0 Å². The van der Waals surface area contributed by atoms with E-state index >= 15 is 0 Å². The van der Waals surface area contributed by atoms with Crippen LogP contribution in [-0.4, -0.2) is 24.5 Å². The lowest BCUT2D eigenvalue weighted by Crippen LogP contribution is -2.31. The molecule has 5 nitrogen and oxygen atoms in total. The van der Waals surface area contributed by atoms with Gasteiger partial charge in [-0.3, -0.25) is 0 Å². The fraction of sp³-hybridized carbons (Fsp3) is 0.182. The van der Waals surface area contributed by atoms with Crippen LogP contribution in [0.3, 0.4) is 0 Å². The summed E-state index contributed by atoms with van der Waals surface area (Å²) in [5.74, 6) is 0. The molecule has 1 N–H and O–H groups in total. The average molecular weight is 214 g/mol. The highest BCUT2D eigenvalue weighted by Gasteiger charge is 2.07. The Kier molecular flexibility index (Phi) is 3.88. The number of anilines is 1. The molecule has 1 aromatic rings. The van der Waals surface area contributed by atoms with Crippen molar-refractivity contribution in [3.05, 3.63) is 29.8 Å². The van der Waals surface area contributed by atoms with Crippen LogP contribution in [0.5, 0.6) is 0 Å². The molecule has 0 spiro atoms. The Bertz CT molecular complexity index is 470. The molecule has 0 bridgehead atoms. The minimum atomic E-state index is -0.378. The minimum Gasteiger partial charge on any atom is -0.314 e. The molecule has 0 aliphatic heterocycles. The third kappa shape index (κ3) is 3.00. The minimum absolute atomic E-state index is 0.0176. The second-order valence-electron chi connectivity index (χ2n) is 3.14. The van der Waals surface area contributed by atoms with Crippen molar-refractivity contribution in [3.63, 3.8) is 0 Å². The molecular formula is C11H10N4O. The van der Waals surface area contributed by atoms with Gasteiger partial charge in [0.05, 0.1) is 17.7 Å². The molecule has 1 aromatic carbocycles. The first-order chi connectivity index (χ1) is 7.67. The maximum atomic E-state index is 11.5. The van der Waals surface area contributed by atoms with E-state index in [1.807, 2.05) is 12.1 Å². The molecule has 5 heteroatoms. The molecule has 1 rings (SSSR count). The third-order valence-corrected chi connectivity index (χ3v) is 1.90. The number of nitriles is 2. The van der Waals surface area contributed by atoms with Crippen LogP contribution in [0, 0.1) is 22.7 Å². The van der Waals surface area contributed by atoms with Gasteiger partial charge in [0.15, 0.2) is 0 Å². The SMILES string of the molecule is CN(CC#N)C(=O)Nc1cccc(C#N)c1. The first kappa shape index (κ1) is 11.5. The second-order valence-corrected chi connectivity index (χ2v) is 3.14. The summed E-state index contributed by atoms with van der Waals surface area (Å²) in [4.78, 5) is 12.7. The summed E-state index contributed by atoms with van der Waals surface area (Å²) in [6, 6.07) is 10.0. The van der Waals surface area contributed by atoms with Crippen LogP contribution in [-0.2, 0) is 0 Å². The van der Waals surface area contributed by atoms with Crippen LogP contribution >= 0.6 is 0 Å². The molecule has 16 heavy (non-hydrogen) atoms. The van der Waals surface area contributed by atoms with Gasteiger partial charge < -0.3 is 10.2 Å². The molecule has 2 amide bonds. The maximum absolute atomic E-state index is 11.5. The number of carbonyl (C=O) groups excluding carboxylic acids is 1. The fourth-order valence-electron chi connectivity index (χ4n) is 1.06. The smallest absolute Gasteiger partial charge is 0.314 e. The van der Waals surface area contributed by atoms with Gasteiger partial charge in [-0.1, -0.05) is 6.07 Å². The molecule has 0 unspecified atom stereocenters. The Morgan fingerprint density at radius 1 is 1.50 bits per heavy atom. The maximum Gasteiger partial charge on any atom is 0.322 e. The van der Waals surface area contributed by atoms with Gasteiger partial charge in [-0.15, -0.1) is 0 Å². The number of nitrogens with zero attached hydrogens (tertiary/aromatic N) is 3. The zero-order valence-electron chi connectivity index (χ0n) is 8.77. The normalized spacial score (nSPS) is 8.69. The summed E-state index contributed by atoms with van der Waals surface area (Å²) >= 11 is 0. The lowest BCUT2D eigenvalue weighted by Gasteiger charge is -2.14. The van der Waals surface area contributed by atoms with E-state index in [4.69, 9.17) is 10.5 Å². The van der Waals surface area contributed by atoms with E-state index in [1.165, 1.54) is 11.9 Å². The van der Waals surface area contributed by atoms with Crippen LogP contribution < -0.4 is 5.32 Å². The Morgan fingerprint density at radius 3 is 2.88 bits per heavy atom. The van der Waals surface area contributed by atoms with Crippen LogP contribution in [0.2, 0.25) is 0 Å². The Hall–Kier alpha value is -2.53. The number of hydrogen-bond acceptors (Lipinski definition) is 3. The Morgan fingerprint density at radius 2 is 2.25 bits per heavy atom. The largest absolute Gasteiger partial charge is 0.322 e. The molecule has 0 aliphatic carbocycles. The summed E-state index contributed by atoms with van der Waals surface area (Å²) in [6.45, 7) is 0.0176. The molecule has 0 atom stereocenters. The molecule has 0 aliphatic rings.